The van der Waals surface area contributed by atoms with Gasteiger partial charge in [-0.2, -0.15) is 11.3 Å². The van der Waals surface area contributed by atoms with Crippen molar-refractivity contribution < 1.29 is 0 Å². The first-order valence-electron chi connectivity index (χ1n) is 6.16. The van der Waals surface area contributed by atoms with Crippen LogP contribution in [0.4, 0.5) is 0 Å². The zero-order valence-corrected chi connectivity index (χ0v) is 11.8. The molecule has 1 heterocycles. The highest BCUT2D eigenvalue weighted by atomic mass is 32.1. The van der Waals surface area contributed by atoms with Gasteiger partial charge >= 0.3 is 0 Å². The summed E-state index contributed by atoms with van der Waals surface area (Å²) >= 11 is 1.77. The molecule has 2 unspecified atom stereocenters. The van der Waals surface area contributed by atoms with Gasteiger partial charge in [-0.1, -0.05) is 27.7 Å². The fourth-order valence-electron chi connectivity index (χ4n) is 1.71. The second-order valence-corrected chi connectivity index (χ2v) is 6.71. The van der Waals surface area contributed by atoms with Crippen LogP contribution in [0.2, 0.25) is 0 Å². The molecule has 0 saturated heterocycles. The molecule has 0 aliphatic heterocycles. The van der Waals surface area contributed by atoms with Crippen LogP contribution in [-0.4, -0.2) is 6.04 Å². The van der Waals surface area contributed by atoms with Crippen molar-refractivity contribution in [3.63, 3.8) is 0 Å². The molecule has 0 aliphatic rings. The van der Waals surface area contributed by atoms with E-state index in [-0.39, 0.29) is 0 Å². The molecule has 2 N–H and O–H groups in total. The molecular weight excluding hydrogens is 214 g/mol. The molecule has 1 rings (SSSR count). The lowest BCUT2D eigenvalue weighted by Crippen LogP contribution is -2.28. The third kappa shape index (κ3) is 4.67. The molecule has 1 aromatic rings. The number of thiophene rings is 1. The third-order valence-electron chi connectivity index (χ3n) is 3.52. The Morgan fingerprint density at radius 1 is 1.38 bits per heavy atom. The predicted octanol–water partition coefficient (Wildman–Crippen LogP) is 4.08. The molecule has 0 amide bonds. The third-order valence-corrected chi connectivity index (χ3v) is 4.25. The van der Waals surface area contributed by atoms with E-state index in [1.54, 1.807) is 11.3 Å². The van der Waals surface area contributed by atoms with Gasteiger partial charge in [0.25, 0.3) is 0 Å². The zero-order valence-electron chi connectivity index (χ0n) is 11.0. The van der Waals surface area contributed by atoms with Crippen LogP contribution in [0.3, 0.4) is 0 Å². The number of aryl methyl sites for hydroxylation is 1. The summed E-state index contributed by atoms with van der Waals surface area (Å²) in [5.41, 5.74) is 8.00. The second kappa shape index (κ2) is 5.83. The Hall–Kier alpha value is -0.340. The van der Waals surface area contributed by atoms with Crippen LogP contribution in [0.5, 0.6) is 0 Å². The molecule has 2 atom stereocenters. The second-order valence-electron chi connectivity index (χ2n) is 5.93. The van der Waals surface area contributed by atoms with Crippen molar-refractivity contribution >= 4 is 11.3 Å². The molecule has 1 aromatic heterocycles. The van der Waals surface area contributed by atoms with E-state index in [9.17, 15) is 0 Å². The van der Waals surface area contributed by atoms with Crippen molar-refractivity contribution in [1.29, 1.82) is 0 Å². The van der Waals surface area contributed by atoms with Gasteiger partial charge in [-0.15, -0.1) is 0 Å². The lowest BCUT2D eigenvalue weighted by atomic mass is 9.78. The van der Waals surface area contributed by atoms with Gasteiger partial charge in [0.15, 0.2) is 0 Å². The standard InChI is InChI=1S/C14H25NS/c1-11(14(2,3)4)9-13(15)6-5-12-7-8-16-10-12/h7-8,10-11,13H,5-6,9,15H2,1-4H3. The number of rotatable bonds is 5. The van der Waals surface area contributed by atoms with E-state index >= 15 is 0 Å². The van der Waals surface area contributed by atoms with E-state index in [0.717, 1.165) is 19.3 Å². The monoisotopic (exact) mass is 239 g/mol. The molecule has 16 heavy (non-hydrogen) atoms. The summed E-state index contributed by atoms with van der Waals surface area (Å²) in [5, 5.41) is 4.36. The van der Waals surface area contributed by atoms with Crippen LogP contribution in [0.25, 0.3) is 0 Å². The van der Waals surface area contributed by atoms with E-state index in [2.05, 4.69) is 44.5 Å². The van der Waals surface area contributed by atoms with Crippen LogP contribution in [0.15, 0.2) is 16.8 Å². The van der Waals surface area contributed by atoms with E-state index in [0.29, 0.717) is 17.4 Å². The first-order chi connectivity index (χ1) is 7.39. The molecule has 0 saturated carbocycles. The molecule has 0 fully saturated rings. The Kier molecular flexibility index (Phi) is 5.00. The van der Waals surface area contributed by atoms with E-state index in [1.165, 1.54) is 5.56 Å². The molecule has 0 spiro atoms. The first-order valence-corrected chi connectivity index (χ1v) is 7.10. The minimum Gasteiger partial charge on any atom is -0.328 e. The molecule has 0 bridgehead atoms. The fourth-order valence-corrected chi connectivity index (χ4v) is 2.42. The summed E-state index contributed by atoms with van der Waals surface area (Å²) in [6, 6.07) is 2.54. The Morgan fingerprint density at radius 3 is 2.56 bits per heavy atom. The fraction of sp³-hybridized carbons (Fsp3) is 0.714. The SMILES string of the molecule is CC(CC(N)CCc1ccsc1)C(C)(C)C. The summed E-state index contributed by atoms with van der Waals surface area (Å²) in [5.74, 6) is 0.685. The van der Waals surface area contributed by atoms with Gasteiger partial charge in [0.2, 0.25) is 0 Å². The minimum atomic E-state index is 0.342. The number of nitrogens with two attached hydrogens (primary N) is 1. The topological polar surface area (TPSA) is 26.0 Å². The van der Waals surface area contributed by atoms with Gasteiger partial charge < -0.3 is 5.73 Å². The summed E-state index contributed by atoms with van der Waals surface area (Å²) in [6.07, 6.45) is 3.37. The van der Waals surface area contributed by atoms with Crippen molar-refractivity contribution in [2.24, 2.45) is 17.1 Å². The van der Waals surface area contributed by atoms with Crippen molar-refractivity contribution in [3.8, 4) is 0 Å². The first kappa shape index (κ1) is 13.7. The maximum Gasteiger partial charge on any atom is 0.00447 e. The minimum absolute atomic E-state index is 0.342. The van der Waals surface area contributed by atoms with E-state index in [1.807, 2.05) is 0 Å². The molecule has 92 valence electrons. The van der Waals surface area contributed by atoms with Gasteiger partial charge in [-0.25, -0.2) is 0 Å². The van der Waals surface area contributed by atoms with Gasteiger partial charge in [-0.05, 0) is 53.0 Å². The van der Waals surface area contributed by atoms with Gasteiger partial charge in [0.1, 0.15) is 0 Å². The summed E-state index contributed by atoms with van der Waals surface area (Å²) in [6.45, 7) is 9.19. The Morgan fingerprint density at radius 2 is 2.06 bits per heavy atom. The average molecular weight is 239 g/mol. The Bertz CT molecular complexity index is 284. The normalized spacial score (nSPS) is 16.1. The van der Waals surface area contributed by atoms with Crippen LogP contribution in [0.1, 0.15) is 46.1 Å². The number of hydrogen-bond acceptors (Lipinski definition) is 2. The van der Waals surface area contributed by atoms with Crippen molar-refractivity contribution in [2.75, 3.05) is 0 Å². The summed E-state index contributed by atoms with van der Waals surface area (Å²) in [4.78, 5) is 0. The van der Waals surface area contributed by atoms with Crippen LogP contribution in [-0.2, 0) is 6.42 Å². The highest BCUT2D eigenvalue weighted by Gasteiger charge is 2.21. The summed E-state index contributed by atoms with van der Waals surface area (Å²) in [7, 11) is 0. The predicted molar refractivity (Wildman–Crippen MR) is 73.9 cm³/mol. The maximum absolute atomic E-state index is 6.19. The van der Waals surface area contributed by atoms with Crippen LogP contribution in [0, 0.1) is 11.3 Å². The maximum atomic E-state index is 6.19. The molecular formula is C14H25NS. The van der Waals surface area contributed by atoms with Crippen molar-refractivity contribution in [1.82, 2.24) is 0 Å². The molecule has 2 heteroatoms. The van der Waals surface area contributed by atoms with Gasteiger partial charge in [0, 0.05) is 6.04 Å². The largest absolute Gasteiger partial charge is 0.328 e. The quantitative estimate of drug-likeness (QED) is 0.823. The van der Waals surface area contributed by atoms with Gasteiger partial charge in [0.05, 0.1) is 0 Å². The lowest BCUT2D eigenvalue weighted by Gasteiger charge is -2.29. The zero-order chi connectivity index (χ0) is 12.2. The summed E-state index contributed by atoms with van der Waals surface area (Å²) < 4.78 is 0. The molecule has 0 radical (unpaired) electrons. The smallest absolute Gasteiger partial charge is 0.00447 e. The van der Waals surface area contributed by atoms with E-state index in [4.69, 9.17) is 5.73 Å². The highest BCUT2D eigenvalue weighted by Crippen LogP contribution is 2.29. The van der Waals surface area contributed by atoms with Crippen LogP contribution < -0.4 is 5.73 Å². The van der Waals surface area contributed by atoms with Crippen molar-refractivity contribution in [2.45, 2.75) is 53.0 Å². The Balaban J connectivity index is 2.28. The number of hydrogen-bond donors (Lipinski definition) is 1. The van der Waals surface area contributed by atoms with Gasteiger partial charge in [-0.3, -0.25) is 0 Å². The molecule has 0 aromatic carbocycles. The van der Waals surface area contributed by atoms with Crippen molar-refractivity contribution in [3.05, 3.63) is 22.4 Å². The highest BCUT2D eigenvalue weighted by molar-refractivity contribution is 7.07. The molecule has 0 aliphatic carbocycles. The lowest BCUT2D eigenvalue weighted by molar-refractivity contribution is 0.230. The molecule has 1 nitrogen and oxygen atoms in total. The van der Waals surface area contributed by atoms with Crippen LogP contribution >= 0.6 is 11.3 Å². The average Bonchev–Trinajstić information content (AvgIpc) is 2.65. The Labute approximate surface area is 104 Å². The van der Waals surface area contributed by atoms with E-state index < -0.39 is 0 Å².